The Kier molecular flexibility index (Phi) is 3.20. The molecule has 2 atom stereocenters. The molecule has 3 rings (SSSR count). The van der Waals surface area contributed by atoms with Crippen LogP contribution in [0.1, 0.15) is 25.7 Å². The lowest BCUT2D eigenvalue weighted by Gasteiger charge is -2.32. The molecule has 0 saturated heterocycles. The fourth-order valence-electron chi connectivity index (χ4n) is 2.45. The molecule has 0 bridgehead atoms. The third kappa shape index (κ3) is 2.28. The summed E-state index contributed by atoms with van der Waals surface area (Å²) in [4.78, 5) is 4.85. The lowest BCUT2D eigenvalue weighted by molar-refractivity contribution is 0.336. The summed E-state index contributed by atoms with van der Waals surface area (Å²) in [6, 6.07) is 2.71. The minimum Gasteiger partial charge on any atom is -0.334 e. The van der Waals surface area contributed by atoms with Crippen LogP contribution in [0.2, 0.25) is 0 Å². The maximum absolute atomic E-state index is 4.85. The van der Waals surface area contributed by atoms with E-state index in [0.29, 0.717) is 6.04 Å². The molecule has 2 aliphatic rings. The van der Waals surface area contributed by atoms with E-state index in [1.54, 1.807) is 11.3 Å². The highest BCUT2D eigenvalue weighted by atomic mass is 32.2. The van der Waals surface area contributed by atoms with Gasteiger partial charge in [0.15, 0.2) is 5.17 Å². The summed E-state index contributed by atoms with van der Waals surface area (Å²) in [5, 5.41) is 8.78. The molecule has 0 spiro atoms. The van der Waals surface area contributed by atoms with Crippen molar-refractivity contribution in [2.24, 2.45) is 10.9 Å². The molecule has 86 valence electrons. The van der Waals surface area contributed by atoms with Gasteiger partial charge in [-0.1, -0.05) is 24.6 Å². The highest BCUT2D eigenvalue weighted by Crippen LogP contribution is 2.34. The predicted molar refractivity (Wildman–Crippen MR) is 73.6 cm³/mol. The van der Waals surface area contributed by atoms with Crippen molar-refractivity contribution in [1.29, 1.82) is 0 Å². The number of rotatable bonds is 1. The van der Waals surface area contributed by atoms with Gasteiger partial charge < -0.3 is 5.32 Å². The third-order valence-electron chi connectivity index (χ3n) is 3.36. The summed E-state index contributed by atoms with van der Waals surface area (Å²) in [5.41, 5.74) is 1.19. The largest absolute Gasteiger partial charge is 0.334 e. The van der Waals surface area contributed by atoms with Crippen molar-refractivity contribution in [3.63, 3.8) is 0 Å². The Balaban J connectivity index is 1.69. The molecule has 1 fully saturated rings. The molecule has 4 heteroatoms. The Morgan fingerprint density at radius 1 is 1.31 bits per heavy atom. The average molecular weight is 252 g/mol. The SMILES string of the molecule is c1cc(NC2=NC3CCCCC3CS2)cs1. The number of nitrogens with zero attached hydrogens (tertiary/aromatic N) is 1. The molecule has 0 amide bonds. The predicted octanol–water partition coefficient (Wildman–Crippen LogP) is 3.82. The molecule has 16 heavy (non-hydrogen) atoms. The zero-order valence-corrected chi connectivity index (χ0v) is 10.8. The van der Waals surface area contributed by atoms with Gasteiger partial charge in [0.25, 0.3) is 0 Å². The fourth-order valence-corrected chi connectivity index (χ4v) is 4.20. The first-order chi connectivity index (χ1) is 7.92. The smallest absolute Gasteiger partial charge is 0.161 e. The quantitative estimate of drug-likeness (QED) is 0.821. The van der Waals surface area contributed by atoms with Crippen LogP contribution in [-0.2, 0) is 0 Å². The van der Waals surface area contributed by atoms with Crippen molar-refractivity contribution >= 4 is 34.0 Å². The van der Waals surface area contributed by atoms with Gasteiger partial charge in [-0.05, 0) is 30.2 Å². The second-order valence-corrected chi connectivity index (χ2v) is 6.28. The first kappa shape index (κ1) is 10.7. The zero-order chi connectivity index (χ0) is 10.8. The Bertz CT molecular complexity index is 372. The standard InChI is InChI=1S/C12H16N2S2/c1-2-4-11-9(3-1)7-16-12(14-11)13-10-5-6-15-8-10/h5-6,8-9,11H,1-4,7H2,(H,13,14). The van der Waals surface area contributed by atoms with E-state index in [1.165, 1.54) is 37.1 Å². The maximum Gasteiger partial charge on any atom is 0.161 e. The van der Waals surface area contributed by atoms with Crippen molar-refractivity contribution in [2.45, 2.75) is 31.7 Å². The fraction of sp³-hybridized carbons (Fsp3) is 0.583. The van der Waals surface area contributed by atoms with Gasteiger partial charge >= 0.3 is 0 Å². The molecule has 1 aromatic rings. The Morgan fingerprint density at radius 2 is 2.25 bits per heavy atom. The molecule has 0 aromatic carbocycles. The number of thiophene rings is 1. The topological polar surface area (TPSA) is 24.4 Å². The van der Waals surface area contributed by atoms with E-state index < -0.39 is 0 Å². The molecule has 2 nitrogen and oxygen atoms in total. The summed E-state index contributed by atoms with van der Waals surface area (Å²) in [6.07, 6.45) is 5.44. The number of nitrogens with one attached hydrogen (secondary N) is 1. The van der Waals surface area contributed by atoms with Crippen LogP contribution in [0.25, 0.3) is 0 Å². The van der Waals surface area contributed by atoms with E-state index in [2.05, 4.69) is 22.1 Å². The van der Waals surface area contributed by atoms with Gasteiger partial charge in [0.05, 0.1) is 11.7 Å². The Morgan fingerprint density at radius 3 is 3.12 bits per heavy atom. The Labute approximate surface area is 105 Å². The highest BCUT2D eigenvalue weighted by Gasteiger charge is 2.28. The number of thioether (sulfide) groups is 1. The van der Waals surface area contributed by atoms with Gasteiger partial charge in [0.2, 0.25) is 0 Å². The van der Waals surface area contributed by atoms with Gasteiger partial charge in [0, 0.05) is 11.1 Å². The van der Waals surface area contributed by atoms with Gasteiger partial charge in [0.1, 0.15) is 0 Å². The third-order valence-corrected chi connectivity index (χ3v) is 5.12. The molecule has 1 aliphatic carbocycles. The van der Waals surface area contributed by atoms with Gasteiger partial charge in [-0.3, -0.25) is 4.99 Å². The van der Waals surface area contributed by atoms with Crippen molar-refractivity contribution in [2.75, 3.05) is 11.1 Å². The van der Waals surface area contributed by atoms with Crippen LogP contribution in [0.3, 0.4) is 0 Å². The van der Waals surface area contributed by atoms with E-state index in [0.717, 1.165) is 11.1 Å². The number of aliphatic imine (C=N–C) groups is 1. The van der Waals surface area contributed by atoms with E-state index in [4.69, 9.17) is 4.99 Å². The molecule has 1 saturated carbocycles. The number of hydrogen-bond donors (Lipinski definition) is 1. The van der Waals surface area contributed by atoms with Crippen LogP contribution in [0.5, 0.6) is 0 Å². The minimum atomic E-state index is 0.594. The number of amidine groups is 1. The first-order valence-corrected chi connectivity index (χ1v) is 7.84. The van der Waals surface area contributed by atoms with Crippen molar-refractivity contribution in [3.8, 4) is 0 Å². The summed E-state index contributed by atoms with van der Waals surface area (Å²) >= 11 is 3.61. The number of fused-ring (bicyclic) bond motifs is 1. The second-order valence-electron chi connectivity index (χ2n) is 4.49. The average Bonchev–Trinajstić information content (AvgIpc) is 2.82. The van der Waals surface area contributed by atoms with Crippen LogP contribution in [-0.4, -0.2) is 17.0 Å². The van der Waals surface area contributed by atoms with E-state index in [9.17, 15) is 0 Å². The summed E-state index contributed by atoms with van der Waals surface area (Å²) in [6.45, 7) is 0. The Hall–Kier alpha value is -0.480. The molecule has 2 unspecified atom stereocenters. The summed E-state index contributed by atoms with van der Waals surface area (Å²) < 4.78 is 0. The van der Waals surface area contributed by atoms with E-state index in [-0.39, 0.29) is 0 Å². The zero-order valence-electron chi connectivity index (χ0n) is 9.19. The summed E-state index contributed by atoms with van der Waals surface area (Å²) in [7, 11) is 0. The van der Waals surface area contributed by atoms with E-state index in [1.807, 2.05) is 11.8 Å². The monoisotopic (exact) mass is 252 g/mol. The van der Waals surface area contributed by atoms with Crippen LogP contribution >= 0.6 is 23.1 Å². The minimum absolute atomic E-state index is 0.594. The maximum atomic E-state index is 4.85. The van der Waals surface area contributed by atoms with Gasteiger partial charge in [-0.25, -0.2) is 0 Å². The molecular formula is C12H16N2S2. The van der Waals surface area contributed by atoms with Crippen molar-refractivity contribution in [3.05, 3.63) is 16.8 Å². The molecule has 1 aromatic heterocycles. The lowest BCUT2D eigenvalue weighted by Crippen LogP contribution is -2.31. The number of hydrogen-bond acceptors (Lipinski definition) is 4. The lowest BCUT2D eigenvalue weighted by atomic mass is 9.86. The van der Waals surface area contributed by atoms with Crippen LogP contribution in [0.4, 0.5) is 5.69 Å². The van der Waals surface area contributed by atoms with Crippen molar-refractivity contribution < 1.29 is 0 Å². The van der Waals surface area contributed by atoms with E-state index >= 15 is 0 Å². The molecule has 0 radical (unpaired) electrons. The second kappa shape index (κ2) is 4.80. The molecule has 1 aliphatic heterocycles. The number of anilines is 1. The molecular weight excluding hydrogens is 236 g/mol. The molecule has 2 heterocycles. The van der Waals surface area contributed by atoms with Gasteiger partial charge in [-0.2, -0.15) is 11.3 Å². The summed E-state index contributed by atoms with van der Waals surface area (Å²) in [5.74, 6) is 2.09. The van der Waals surface area contributed by atoms with Gasteiger partial charge in [-0.15, -0.1) is 0 Å². The van der Waals surface area contributed by atoms with Crippen molar-refractivity contribution in [1.82, 2.24) is 0 Å². The van der Waals surface area contributed by atoms with Crippen LogP contribution < -0.4 is 5.32 Å². The molecule has 1 N–H and O–H groups in total. The van der Waals surface area contributed by atoms with Crippen LogP contribution in [0, 0.1) is 5.92 Å². The normalized spacial score (nSPS) is 29.4. The first-order valence-electron chi connectivity index (χ1n) is 5.91. The highest BCUT2D eigenvalue weighted by molar-refractivity contribution is 8.14. The van der Waals surface area contributed by atoms with Crippen LogP contribution in [0.15, 0.2) is 21.8 Å².